The van der Waals surface area contributed by atoms with Crippen molar-refractivity contribution in [1.29, 1.82) is 0 Å². The van der Waals surface area contributed by atoms with Crippen molar-refractivity contribution >= 4 is 5.71 Å². The summed E-state index contributed by atoms with van der Waals surface area (Å²) < 4.78 is 16.2. The van der Waals surface area contributed by atoms with Crippen molar-refractivity contribution in [3.05, 3.63) is 47.4 Å². The Labute approximate surface area is 123 Å². The summed E-state index contributed by atoms with van der Waals surface area (Å²) in [5.41, 5.74) is 5.12. The van der Waals surface area contributed by atoms with Crippen LogP contribution in [0, 0.1) is 6.92 Å². The Hall–Kier alpha value is -2.43. The predicted octanol–water partition coefficient (Wildman–Crippen LogP) is 3.04. The van der Waals surface area contributed by atoms with Gasteiger partial charge in [-0.05, 0) is 37.3 Å². The molecule has 110 valence electrons. The molecular weight excluding hydrogens is 268 g/mol. The fourth-order valence-electron chi connectivity index (χ4n) is 2.44. The van der Waals surface area contributed by atoms with Crippen LogP contribution in [-0.2, 0) is 0 Å². The smallest absolute Gasteiger partial charge is 0.161 e. The van der Waals surface area contributed by atoms with Crippen LogP contribution in [0.3, 0.4) is 0 Å². The molecule has 2 aromatic rings. The Balaban J connectivity index is 1.79. The van der Waals surface area contributed by atoms with Gasteiger partial charge in [-0.1, -0.05) is 0 Å². The molecule has 1 aliphatic rings. The van der Waals surface area contributed by atoms with Gasteiger partial charge in [0.2, 0.25) is 0 Å². The van der Waals surface area contributed by atoms with Crippen LogP contribution in [0.5, 0.6) is 11.5 Å². The van der Waals surface area contributed by atoms with E-state index < -0.39 is 0 Å². The zero-order valence-electron chi connectivity index (χ0n) is 12.3. The number of ether oxygens (including phenoxy) is 2. The second-order valence-electron chi connectivity index (χ2n) is 4.96. The Morgan fingerprint density at radius 1 is 1.14 bits per heavy atom. The number of hydrogen-bond donors (Lipinski definition) is 1. The van der Waals surface area contributed by atoms with Gasteiger partial charge in [0.1, 0.15) is 17.6 Å². The van der Waals surface area contributed by atoms with Gasteiger partial charge < -0.3 is 13.9 Å². The van der Waals surface area contributed by atoms with Crippen LogP contribution in [0.2, 0.25) is 0 Å². The van der Waals surface area contributed by atoms with Crippen molar-refractivity contribution in [1.82, 2.24) is 5.43 Å². The molecule has 0 saturated heterocycles. The maximum absolute atomic E-state index is 5.65. The number of furan rings is 1. The lowest BCUT2D eigenvalue weighted by Crippen LogP contribution is -2.08. The van der Waals surface area contributed by atoms with Gasteiger partial charge in [-0.2, -0.15) is 5.10 Å². The number of hydrogen-bond acceptors (Lipinski definition) is 5. The average Bonchev–Trinajstić information content (AvgIpc) is 3.15. The fourth-order valence-corrected chi connectivity index (χ4v) is 2.44. The lowest BCUT2D eigenvalue weighted by molar-refractivity contribution is 0.355. The number of rotatable bonds is 4. The summed E-state index contributed by atoms with van der Waals surface area (Å²) in [5, 5.41) is 4.41. The molecule has 0 fully saturated rings. The van der Waals surface area contributed by atoms with Crippen LogP contribution in [0.1, 0.15) is 29.5 Å². The van der Waals surface area contributed by atoms with Crippen LogP contribution in [0.4, 0.5) is 0 Å². The van der Waals surface area contributed by atoms with Crippen LogP contribution >= 0.6 is 0 Å². The minimum Gasteiger partial charge on any atom is -0.493 e. The molecule has 0 amide bonds. The molecule has 0 bridgehead atoms. The summed E-state index contributed by atoms with van der Waals surface area (Å²) in [4.78, 5) is 0. The van der Waals surface area contributed by atoms with E-state index in [1.54, 1.807) is 14.2 Å². The maximum Gasteiger partial charge on any atom is 0.161 e. The van der Waals surface area contributed by atoms with Gasteiger partial charge in [-0.25, -0.2) is 0 Å². The molecule has 0 radical (unpaired) electrons. The number of nitrogens with one attached hydrogen (secondary N) is 1. The summed E-state index contributed by atoms with van der Waals surface area (Å²) >= 11 is 0. The summed E-state index contributed by atoms with van der Waals surface area (Å²) in [7, 11) is 3.26. The Morgan fingerprint density at radius 3 is 2.62 bits per heavy atom. The van der Waals surface area contributed by atoms with Crippen molar-refractivity contribution in [2.45, 2.75) is 19.4 Å². The number of aryl methyl sites for hydroxylation is 1. The van der Waals surface area contributed by atoms with E-state index in [9.17, 15) is 0 Å². The Bertz CT molecular complexity index is 676. The van der Waals surface area contributed by atoms with Gasteiger partial charge >= 0.3 is 0 Å². The zero-order chi connectivity index (χ0) is 14.8. The van der Waals surface area contributed by atoms with E-state index in [0.29, 0.717) is 11.5 Å². The highest BCUT2D eigenvalue weighted by Gasteiger charge is 2.24. The molecule has 1 unspecified atom stereocenters. The van der Waals surface area contributed by atoms with Crippen LogP contribution in [0.15, 0.2) is 39.9 Å². The number of nitrogens with zero attached hydrogens (tertiary/aromatic N) is 1. The molecular formula is C16H18N2O3. The Morgan fingerprint density at radius 2 is 1.95 bits per heavy atom. The topological polar surface area (TPSA) is 56.0 Å². The molecule has 5 heteroatoms. The lowest BCUT2D eigenvalue weighted by Gasteiger charge is -2.09. The molecule has 2 heterocycles. The highest BCUT2D eigenvalue weighted by atomic mass is 16.5. The van der Waals surface area contributed by atoms with E-state index >= 15 is 0 Å². The summed E-state index contributed by atoms with van der Waals surface area (Å²) in [5.74, 6) is 3.24. The molecule has 5 nitrogen and oxygen atoms in total. The zero-order valence-corrected chi connectivity index (χ0v) is 12.3. The van der Waals surface area contributed by atoms with Crippen molar-refractivity contribution in [2.24, 2.45) is 5.10 Å². The SMILES string of the molecule is COc1ccc(C2=NNC(c3ccc(C)o3)C2)cc1OC. The van der Waals surface area contributed by atoms with Crippen LogP contribution in [-0.4, -0.2) is 19.9 Å². The number of methoxy groups -OCH3 is 2. The highest BCUT2D eigenvalue weighted by molar-refractivity contribution is 6.02. The standard InChI is InChI=1S/C16H18N2O3/c1-10-4-6-14(21-10)13-9-12(17-18-13)11-5-7-15(19-2)16(8-11)20-3/h4-8,13,18H,9H2,1-3H3. The molecule has 1 atom stereocenters. The Kier molecular flexibility index (Phi) is 3.56. The first-order valence-corrected chi connectivity index (χ1v) is 6.82. The normalized spacial score (nSPS) is 17.3. The van der Waals surface area contributed by atoms with Gasteiger partial charge in [-0.15, -0.1) is 0 Å². The van der Waals surface area contributed by atoms with E-state index in [1.165, 1.54) is 0 Å². The van der Waals surface area contributed by atoms with Gasteiger partial charge in [-0.3, -0.25) is 5.43 Å². The average molecular weight is 286 g/mol. The highest BCUT2D eigenvalue weighted by Crippen LogP contribution is 2.31. The molecule has 1 N–H and O–H groups in total. The van der Waals surface area contributed by atoms with Crippen LogP contribution < -0.4 is 14.9 Å². The quantitative estimate of drug-likeness (QED) is 0.938. The van der Waals surface area contributed by atoms with Gasteiger partial charge in [0, 0.05) is 12.0 Å². The predicted molar refractivity (Wildman–Crippen MR) is 80.0 cm³/mol. The fraction of sp³-hybridized carbons (Fsp3) is 0.312. The minimum atomic E-state index is 0.0850. The number of benzene rings is 1. The van der Waals surface area contributed by atoms with Gasteiger partial charge in [0.15, 0.2) is 11.5 Å². The summed E-state index contributed by atoms with van der Waals surface area (Å²) in [6.45, 7) is 1.94. The van der Waals surface area contributed by atoms with E-state index in [4.69, 9.17) is 13.9 Å². The van der Waals surface area contributed by atoms with Crippen molar-refractivity contribution in [3.63, 3.8) is 0 Å². The first kappa shape index (κ1) is 13.5. The minimum absolute atomic E-state index is 0.0850. The molecule has 3 rings (SSSR count). The van der Waals surface area contributed by atoms with Crippen molar-refractivity contribution < 1.29 is 13.9 Å². The van der Waals surface area contributed by atoms with E-state index in [1.807, 2.05) is 37.3 Å². The maximum atomic E-state index is 5.65. The largest absolute Gasteiger partial charge is 0.493 e. The van der Waals surface area contributed by atoms with Gasteiger partial charge in [0.05, 0.1) is 19.9 Å². The molecule has 1 aromatic carbocycles. The summed E-state index contributed by atoms with van der Waals surface area (Å²) in [6, 6.07) is 9.85. The van der Waals surface area contributed by atoms with Crippen molar-refractivity contribution in [3.8, 4) is 11.5 Å². The number of hydrazone groups is 1. The second-order valence-corrected chi connectivity index (χ2v) is 4.96. The first-order chi connectivity index (χ1) is 10.2. The third kappa shape index (κ3) is 2.59. The molecule has 1 aliphatic heterocycles. The molecule has 1 aromatic heterocycles. The lowest BCUT2D eigenvalue weighted by atomic mass is 10.0. The molecule has 21 heavy (non-hydrogen) atoms. The van der Waals surface area contributed by atoms with E-state index in [2.05, 4.69) is 10.5 Å². The van der Waals surface area contributed by atoms with Crippen molar-refractivity contribution in [2.75, 3.05) is 14.2 Å². The van der Waals surface area contributed by atoms with Gasteiger partial charge in [0.25, 0.3) is 0 Å². The third-order valence-corrected chi connectivity index (χ3v) is 3.57. The molecule has 0 spiro atoms. The summed E-state index contributed by atoms with van der Waals surface area (Å²) in [6.07, 6.45) is 0.780. The van der Waals surface area contributed by atoms with Crippen LogP contribution in [0.25, 0.3) is 0 Å². The monoisotopic (exact) mass is 286 g/mol. The molecule has 0 aliphatic carbocycles. The van der Waals surface area contributed by atoms with E-state index in [-0.39, 0.29) is 6.04 Å². The van der Waals surface area contributed by atoms with E-state index in [0.717, 1.165) is 29.2 Å². The molecule has 0 saturated carbocycles. The third-order valence-electron chi connectivity index (χ3n) is 3.57. The first-order valence-electron chi connectivity index (χ1n) is 6.82. The second kappa shape index (κ2) is 5.52.